The molecule has 1 aliphatic rings. The summed E-state index contributed by atoms with van der Waals surface area (Å²) in [6, 6.07) is 0. The molecule has 0 radical (unpaired) electrons. The molecule has 0 bridgehead atoms. The molecule has 1 unspecified atom stereocenters. The van der Waals surface area contributed by atoms with Crippen LogP contribution in [0, 0.1) is 16.7 Å². The normalized spacial score (nSPS) is 26.8. The highest BCUT2D eigenvalue weighted by Gasteiger charge is 2.54. The van der Waals surface area contributed by atoms with Gasteiger partial charge in [-0.2, -0.15) is 0 Å². The van der Waals surface area contributed by atoms with E-state index in [1.54, 1.807) is 19.3 Å². The average molecular weight is 320 g/mol. The molecule has 0 aromatic rings. The van der Waals surface area contributed by atoms with Gasteiger partial charge in [-0.05, 0) is 43.3 Å². The molecule has 0 spiro atoms. The first-order chi connectivity index (χ1) is 10.5. The minimum absolute atomic E-state index is 0.0664. The summed E-state index contributed by atoms with van der Waals surface area (Å²) in [5.74, 6) is 0.797. The zero-order valence-electron chi connectivity index (χ0n) is 15.9. The molecule has 0 aromatic carbocycles. The predicted molar refractivity (Wildman–Crippen MR) is 94.9 cm³/mol. The fourth-order valence-electron chi connectivity index (χ4n) is 3.11. The Morgan fingerprint density at radius 1 is 1.22 bits per heavy atom. The van der Waals surface area contributed by atoms with Crippen LogP contribution in [0.4, 0.5) is 0 Å². The lowest BCUT2D eigenvalue weighted by molar-refractivity contribution is -0.150. The lowest BCUT2D eigenvalue weighted by Crippen LogP contribution is -2.38. The molecule has 23 heavy (non-hydrogen) atoms. The van der Waals surface area contributed by atoms with Gasteiger partial charge in [0.15, 0.2) is 0 Å². The van der Waals surface area contributed by atoms with Gasteiger partial charge in [0.05, 0.1) is 12.7 Å². The van der Waals surface area contributed by atoms with Crippen molar-refractivity contribution in [2.45, 2.75) is 61.0 Å². The lowest BCUT2D eigenvalue weighted by atomic mass is 9.67. The molecule has 1 saturated carbocycles. The van der Waals surface area contributed by atoms with Crippen molar-refractivity contribution in [3.63, 3.8) is 0 Å². The van der Waals surface area contributed by atoms with E-state index in [0.717, 1.165) is 12.0 Å². The van der Waals surface area contributed by atoms with Gasteiger partial charge in [-0.3, -0.25) is 0 Å². The molecule has 1 rings (SSSR count). The first-order valence-electron chi connectivity index (χ1n) is 8.27. The van der Waals surface area contributed by atoms with Crippen LogP contribution in [0.15, 0.2) is 35.6 Å². The molecule has 1 aliphatic carbocycles. The Morgan fingerprint density at radius 3 is 2.13 bits per heavy atom. The summed E-state index contributed by atoms with van der Waals surface area (Å²) >= 11 is 0. The number of esters is 1. The molecule has 3 nitrogen and oxygen atoms in total. The average Bonchev–Trinajstić information content (AvgIpc) is 2.60. The second kappa shape index (κ2) is 6.94. The van der Waals surface area contributed by atoms with E-state index in [9.17, 15) is 4.79 Å². The number of rotatable bonds is 5. The van der Waals surface area contributed by atoms with Crippen molar-refractivity contribution in [3.8, 4) is 0 Å². The van der Waals surface area contributed by atoms with Gasteiger partial charge in [-0.25, -0.2) is 4.79 Å². The van der Waals surface area contributed by atoms with Crippen molar-refractivity contribution in [1.29, 1.82) is 0 Å². The molecule has 130 valence electrons. The Balaban J connectivity index is 2.97. The van der Waals surface area contributed by atoms with Gasteiger partial charge in [-0.1, -0.05) is 47.3 Å². The van der Waals surface area contributed by atoms with E-state index in [-0.39, 0.29) is 22.9 Å². The molecule has 2 atom stereocenters. The first-order valence-corrected chi connectivity index (χ1v) is 8.27. The van der Waals surface area contributed by atoms with E-state index in [2.05, 4.69) is 41.2 Å². The second-order valence-electron chi connectivity index (χ2n) is 7.71. The summed E-state index contributed by atoms with van der Waals surface area (Å²) in [7, 11) is 1.57. The smallest absolute Gasteiger partial charge is 0.338 e. The summed E-state index contributed by atoms with van der Waals surface area (Å²) in [6.45, 7) is 18.6. The number of allylic oxidation sites excluding steroid dienone is 2. The van der Waals surface area contributed by atoms with Gasteiger partial charge >= 0.3 is 5.97 Å². The van der Waals surface area contributed by atoms with Crippen LogP contribution in [-0.4, -0.2) is 19.2 Å². The fraction of sp³-hybridized carbons (Fsp3) is 0.650. The van der Waals surface area contributed by atoms with Crippen molar-refractivity contribution in [3.05, 3.63) is 35.6 Å². The maximum Gasteiger partial charge on any atom is 0.338 e. The molecular formula is C20H32O3. The zero-order chi connectivity index (χ0) is 18.0. The number of carbonyl (C=O) groups excluding carboxylic acids is 1. The Kier molecular flexibility index (Phi) is 5.89. The molecular weight excluding hydrogens is 288 g/mol. The maximum absolute atomic E-state index is 12.6. The molecule has 0 N–H and O–H groups in total. The second-order valence-corrected chi connectivity index (χ2v) is 7.71. The van der Waals surface area contributed by atoms with Crippen LogP contribution in [0.5, 0.6) is 0 Å². The van der Waals surface area contributed by atoms with E-state index in [1.165, 1.54) is 0 Å². The van der Waals surface area contributed by atoms with E-state index in [0.29, 0.717) is 17.3 Å². The van der Waals surface area contributed by atoms with Crippen LogP contribution in [0.2, 0.25) is 0 Å². The van der Waals surface area contributed by atoms with Gasteiger partial charge in [-0.15, -0.1) is 0 Å². The highest BCUT2D eigenvalue weighted by Crippen LogP contribution is 2.56. The zero-order valence-corrected chi connectivity index (χ0v) is 15.9. The summed E-state index contributed by atoms with van der Waals surface area (Å²) in [5.41, 5.74) is 1.33. The molecule has 0 amide bonds. The van der Waals surface area contributed by atoms with Crippen molar-refractivity contribution < 1.29 is 14.3 Å². The van der Waals surface area contributed by atoms with Gasteiger partial charge < -0.3 is 9.47 Å². The third-order valence-electron chi connectivity index (χ3n) is 5.99. The van der Waals surface area contributed by atoms with Crippen LogP contribution in [0.1, 0.15) is 54.9 Å². The third-order valence-corrected chi connectivity index (χ3v) is 5.99. The van der Waals surface area contributed by atoms with Crippen LogP contribution in [-0.2, 0) is 14.3 Å². The first kappa shape index (κ1) is 19.5. The number of methoxy groups -OCH3 is 1. The van der Waals surface area contributed by atoms with E-state index < -0.39 is 0 Å². The Labute approximate surface area is 141 Å². The van der Waals surface area contributed by atoms with Crippen LogP contribution in [0.3, 0.4) is 0 Å². The van der Waals surface area contributed by atoms with Crippen molar-refractivity contribution in [2.24, 2.45) is 16.7 Å². The highest BCUT2D eigenvalue weighted by atomic mass is 16.5. The van der Waals surface area contributed by atoms with Crippen LogP contribution >= 0.6 is 0 Å². The van der Waals surface area contributed by atoms with E-state index in [4.69, 9.17) is 9.47 Å². The van der Waals surface area contributed by atoms with Crippen LogP contribution < -0.4 is 0 Å². The minimum atomic E-state index is -0.300. The summed E-state index contributed by atoms with van der Waals surface area (Å²) < 4.78 is 11.1. The van der Waals surface area contributed by atoms with Gasteiger partial charge in [0.2, 0.25) is 0 Å². The number of ether oxygens (including phenoxy) is 2. The monoisotopic (exact) mass is 320 g/mol. The lowest BCUT2D eigenvalue weighted by Gasteiger charge is -2.40. The third kappa shape index (κ3) is 3.70. The van der Waals surface area contributed by atoms with Crippen molar-refractivity contribution in [1.82, 2.24) is 0 Å². The van der Waals surface area contributed by atoms with E-state index in [1.807, 2.05) is 13.8 Å². The number of hydrogen-bond acceptors (Lipinski definition) is 3. The Bertz CT molecular complexity index is 535. The topological polar surface area (TPSA) is 35.5 Å². The SMILES string of the molecule is C=C(C)/C(=C\C(=C/C)C(=O)O[C@@H]1CC(C)C(C)(C)C1(C)C)OC. The standard InChI is InChI=1S/C20H32O3/c1-10-15(12-16(22-9)13(2)3)18(21)23-17-11-14(4)19(5,6)20(17,7)8/h10,12,14,17H,2,11H2,1,3-9H3/b15-10+,16-12+/t14?,17-/m1/s1. The Morgan fingerprint density at radius 2 is 1.78 bits per heavy atom. The Hall–Kier alpha value is -1.51. The van der Waals surface area contributed by atoms with Gasteiger partial charge in [0.25, 0.3) is 0 Å². The minimum Gasteiger partial charge on any atom is -0.496 e. The van der Waals surface area contributed by atoms with Crippen molar-refractivity contribution in [2.75, 3.05) is 7.11 Å². The molecule has 3 heteroatoms. The molecule has 0 heterocycles. The summed E-state index contributed by atoms with van der Waals surface area (Å²) in [6.07, 6.45) is 4.26. The molecule has 0 saturated heterocycles. The predicted octanol–water partition coefficient (Wildman–Crippen LogP) is 5.04. The molecule has 0 aliphatic heterocycles. The van der Waals surface area contributed by atoms with Crippen molar-refractivity contribution >= 4 is 5.97 Å². The summed E-state index contributed by atoms with van der Waals surface area (Å²) in [4.78, 5) is 12.6. The van der Waals surface area contributed by atoms with Gasteiger partial charge in [0.1, 0.15) is 11.9 Å². The largest absolute Gasteiger partial charge is 0.496 e. The van der Waals surface area contributed by atoms with E-state index >= 15 is 0 Å². The maximum atomic E-state index is 12.6. The quantitative estimate of drug-likeness (QED) is 0.308. The number of hydrogen-bond donors (Lipinski definition) is 0. The van der Waals surface area contributed by atoms with Gasteiger partial charge in [0, 0.05) is 5.41 Å². The highest BCUT2D eigenvalue weighted by molar-refractivity contribution is 5.91. The molecule has 1 fully saturated rings. The van der Waals surface area contributed by atoms with Crippen LogP contribution in [0.25, 0.3) is 0 Å². The molecule has 0 aromatic heterocycles. The summed E-state index contributed by atoms with van der Waals surface area (Å²) in [5, 5.41) is 0. The fourth-order valence-corrected chi connectivity index (χ4v) is 3.11. The number of carbonyl (C=O) groups is 1.